The highest BCUT2D eigenvalue weighted by atomic mass is 32.2. The minimum Gasteiger partial charge on any atom is -0.344 e. The van der Waals surface area contributed by atoms with Crippen LogP contribution >= 0.6 is 11.8 Å². The van der Waals surface area contributed by atoms with Gasteiger partial charge in [-0.1, -0.05) is 67.2 Å². The van der Waals surface area contributed by atoms with Crippen molar-refractivity contribution in [3.05, 3.63) is 76.7 Å². The van der Waals surface area contributed by atoms with Crippen LogP contribution in [-0.2, 0) is 18.4 Å². The van der Waals surface area contributed by atoms with Crippen LogP contribution in [0.3, 0.4) is 0 Å². The van der Waals surface area contributed by atoms with Crippen LogP contribution in [0.5, 0.6) is 0 Å². The minimum atomic E-state index is -0.127. The van der Waals surface area contributed by atoms with Gasteiger partial charge in [-0.3, -0.25) is 14.2 Å². The van der Waals surface area contributed by atoms with Crippen LogP contribution < -0.4 is 10.9 Å². The SMILES string of the molecule is CCCn1c(SCC(=O)Nc2ccccc2C)nc2c(-c3ccccc3)cn(C)c2c1=O. The Balaban J connectivity index is 1.70. The predicted octanol–water partition coefficient (Wildman–Crippen LogP) is 4.85. The first-order chi connectivity index (χ1) is 15.5. The lowest BCUT2D eigenvalue weighted by molar-refractivity contribution is -0.113. The molecule has 0 spiro atoms. The molecule has 4 rings (SSSR count). The molecule has 1 amide bonds. The lowest BCUT2D eigenvalue weighted by Crippen LogP contribution is -2.25. The zero-order valence-electron chi connectivity index (χ0n) is 18.5. The smallest absolute Gasteiger partial charge is 0.278 e. The number of aromatic nitrogens is 3. The first-order valence-electron chi connectivity index (χ1n) is 10.6. The van der Waals surface area contributed by atoms with E-state index in [-0.39, 0.29) is 17.2 Å². The Labute approximate surface area is 191 Å². The molecule has 0 unspecified atom stereocenters. The van der Waals surface area contributed by atoms with Crippen molar-refractivity contribution in [3.63, 3.8) is 0 Å². The minimum absolute atomic E-state index is 0.0802. The average Bonchev–Trinajstić information content (AvgIpc) is 3.13. The van der Waals surface area contributed by atoms with Crippen molar-refractivity contribution in [2.24, 2.45) is 7.05 Å². The first-order valence-corrected chi connectivity index (χ1v) is 11.6. The summed E-state index contributed by atoms with van der Waals surface area (Å²) in [5.41, 5.74) is 4.88. The van der Waals surface area contributed by atoms with E-state index in [1.807, 2.05) is 86.3 Å². The molecule has 2 aromatic heterocycles. The highest BCUT2D eigenvalue weighted by molar-refractivity contribution is 7.99. The van der Waals surface area contributed by atoms with Gasteiger partial charge in [0.05, 0.1) is 5.75 Å². The summed E-state index contributed by atoms with van der Waals surface area (Å²) < 4.78 is 3.53. The Kier molecular flexibility index (Phi) is 6.46. The number of benzene rings is 2. The second-order valence-electron chi connectivity index (χ2n) is 7.72. The fraction of sp³-hybridized carbons (Fsp3) is 0.240. The third-order valence-electron chi connectivity index (χ3n) is 5.32. The van der Waals surface area contributed by atoms with Gasteiger partial charge >= 0.3 is 0 Å². The number of amides is 1. The van der Waals surface area contributed by atoms with Crippen molar-refractivity contribution in [3.8, 4) is 11.1 Å². The zero-order valence-corrected chi connectivity index (χ0v) is 19.3. The Morgan fingerprint density at radius 1 is 1.09 bits per heavy atom. The number of hydrogen-bond donors (Lipinski definition) is 1. The molecule has 32 heavy (non-hydrogen) atoms. The topological polar surface area (TPSA) is 68.9 Å². The summed E-state index contributed by atoms with van der Waals surface area (Å²) in [6.45, 7) is 4.53. The number of carbonyl (C=O) groups is 1. The monoisotopic (exact) mass is 446 g/mol. The van der Waals surface area contributed by atoms with Gasteiger partial charge in [0.15, 0.2) is 5.16 Å². The highest BCUT2D eigenvalue weighted by Gasteiger charge is 2.19. The molecule has 7 heteroatoms. The van der Waals surface area contributed by atoms with Gasteiger partial charge in [0, 0.05) is 31.0 Å². The Morgan fingerprint density at radius 2 is 1.81 bits per heavy atom. The second kappa shape index (κ2) is 9.44. The molecule has 0 radical (unpaired) electrons. The summed E-state index contributed by atoms with van der Waals surface area (Å²) in [5, 5.41) is 3.51. The summed E-state index contributed by atoms with van der Waals surface area (Å²) >= 11 is 1.29. The predicted molar refractivity (Wildman–Crippen MR) is 131 cm³/mol. The third-order valence-corrected chi connectivity index (χ3v) is 6.30. The van der Waals surface area contributed by atoms with Crippen molar-refractivity contribution in [2.75, 3.05) is 11.1 Å². The van der Waals surface area contributed by atoms with Crippen LogP contribution in [0.15, 0.2) is 70.7 Å². The maximum atomic E-state index is 13.4. The molecule has 2 heterocycles. The second-order valence-corrected chi connectivity index (χ2v) is 8.66. The molecule has 0 aliphatic heterocycles. The molecule has 0 aliphatic rings. The van der Waals surface area contributed by atoms with Crippen LogP contribution in [0.2, 0.25) is 0 Å². The zero-order chi connectivity index (χ0) is 22.7. The number of hydrogen-bond acceptors (Lipinski definition) is 4. The van der Waals surface area contributed by atoms with Crippen LogP contribution in [0.1, 0.15) is 18.9 Å². The van der Waals surface area contributed by atoms with Crippen molar-refractivity contribution < 1.29 is 4.79 Å². The maximum Gasteiger partial charge on any atom is 0.278 e. The Hall–Kier alpha value is -3.32. The van der Waals surface area contributed by atoms with Gasteiger partial charge in [0.1, 0.15) is 11.0 Å². The van der Waals surface area contributed by atoms with Crippen LogP contribution in [0.25, 0.3) is 22.2 Å². The number of nitrogens with one attached hydrogen (secondary N) is 1. The number of carbonyl (C=O) groups excluding carboxylic acids is 1. The van der Waals surface area contributed by atoms with Crippen LogP contribution in [0, 0.1) is 6.92 Å². The van der Waals surface area contributed by atoms with Gasteiger partial charge in [0.25, 0.3) is 5.56 Å². The standard InChI is InChI=1S/C25H26N4O2S/c1-4-14-29-24(31)23-22(19(15-28(23)3)18-11-6-5-7-12-18)27-25(29)32-16-21(30)26-20-13-9-8-10-17(20)2/h5-13,15H,4,14,16H2,1-3H3,(H,26,30). The molecule has 1 N–H and O–H groups in total. The quantitative estimate of drug-likeness (QED) is 0.325. The maximum absolute atomic E-state index is 13.4. The van der Waals surface area contributed by atoms with Gasteiger partial charge < -0.3 is 9.88 Å². The largest absolute Gasteiger partial charge is 0.344 e. The molecule has 0 fully saturated rings. The van der Waals surface area contributed by atoms with E-state index in [1.165, 1.54) is 11.8 Å². The molecule has 0 atom stereocenters. The molecule has 4 aromatic rings. The fourth-order valence-electron chi connectivity index (χ4n) is 3.74. The van der Waals surface area contributed by atoms with Gasteiger partial charge in [0.2, 0.25) is 5.91 Å². The summed E-state index contributed by atoms with van der Waals surface area (Å²) in [6, 6.07) is 17.6. The van der Waals surface area contributed by atoms with Crippen LogP contribution in [-0.4, -0.2) is 25.8 Å². The molecule has 0 saturated heterocycles. The van der Waals surface area contributed by atoms with Crippen molar-refractivity contribution in [2.45, 2.75) is 32.0 Å². The summed E-state index contributed by atoms with van der Waals surface area (Å²) in [6.07, 6.45) is 2.75. The molecule has 164 valence electrons. The Bertz CT molecular complexity index is 1330. The number of nitrogens with zero attached hydrogens (tertiary/aromatic N) is 3. The van der Waals surface area contributed by atoms with Gasteiger partial charge in [-0.05, 0) is 30.5 Å². The van der Waals surface area contributed by atoms with E-state index in [2.05, 4.69) is 5.32 Å². The summed E-state index contributed by atoms with van der Waals surface area (Å²) in [7, 11) is 1.87. The average molecular weight is 447 g/mol. The van der Waals surface area contributed by atoms with E-state index in [9.17, 15) is 9.59 Å². The van der Waals surface area contributed by atoms with E-state index in [0.29, 0.717) is 22.7 Å². The van der Waals surface area contributed by atoms with E-state index < -0.39 is 0 Å². The molecule has 0 aliphatic carbocycles. The van der Waals surface area contributed by atoms with Crippen molar-refractivity contribution in [1.82, 2.24) is 14.1 Å². The molecule has 6 nitrogen and oxygen atoms in total. The summed E-state index contributed by atoms with van der Waals surface area (Å²) in [4.78, 5) is 30.8. The third kappa shape index (κ3) is 4.34. The number of fused-ring (bicyclic) bond motifs is 1. The summed E-state index contributed by atoms with van der Waals surface area (Å²) in [5.74, 6) is 0.0433. The molecular formula is C25H26N4O2S. The number of aryl methyl sites for hydroxylation is 2. The van der Waals surface area contributed by atoms with Crippen LogP contribution in [0.4, 0.5) is 5.69 Å². The van der Waals surface area contributed by atoms with Gasteiger partial charge in [-0.2, -0.15) is 0 Å². The van der Waals surface area contributed by atoms with Crippen molar-refractivity contribution >= 4 is 34.4 Å². The van der Waals surface area contributed by atoms with E-state index in [4.69, 9.17) is 4.98 Å². The van der Waals surface area contributed by atoms with E-state index in [0.717, 1.165) is 28.8 Å². The van der Waals surface area contributed by atoms with Gasteiger partial charge in [-0.15, -0.1) is 0 Å². The normalized spacial score (nSPS) is 11.1. The highest BCUT2D eigenvalue weighted by Crippen LogP contribution is 2.29. The number of anilines is 1. The Morgan fingerprint density at radius 3 is 2.53 bits per heavy atom. The number of para-hydroxylation sites is 1. The number of thioether (sulfide) groups is 1. The lowest BCUT2D eigenvalue weighted by Gasteiger charge is -2.12. The molecular weight excluding hydrogens is 420 g/mol. The number of rotatable bonds is 7. The van der Waals surface area contributed by atoms with Gasteiger partial charge in [-0.25, -0.2) is 4.98 Å². The van der Waals surface area contributed by atoms with Crippen molar-refractivity contribution in [1.29, 1.82) is 0 Å². The molecule has 0 bridgehead atoms. The first kappa shape index (κ1) is 21.9. The fourth-order valence-corrected chi connectivity index (χ4v) is 4.56. The molecule has 0 saturated carbocycles. The molecule has 2 aromatic carbocycles. The van der Waals surface area contributed by atoms with E-state index >= 15 is 0 Å². The lowest BCUT2D eigenvalue weighted by atomic mass is 10.1. The van der Waals surface area contributed by atoms with E-state index in [1.54, 1.807) is 4.57 Å².